The predicted molar refractivity (Wildman–Crippen MR) is 72.5 cm³/mol. The summed E-state index contributed by atoms with van der Waals surface area (Å²) in [4.78, 5) is 12.2. The highest BCUT2D eigenvalue weighted by molar-refractivity contribution is 6.07. The van der Waals surface area contributed by atoms with E-state index >= 15 is 0 Å². The molecule has 3 heteroatoms. The number of carbonyl (C=O) groups excluding carboxylic acids is 1. The first kappa shape index (κ1) is 14.3. The number of benzene rings is 1. The van der Waals surface area contributed by atoms with Gasteiger partial charge in [0, 0.05) is 0 Å². The molecular formula is C15H20O3. The molecule has 0 saturated carbocycles. The van der Waals surface area contributed by atoms with E-state index in [0.717, 1.165) is 18.4 Å². The molecule has 1 rings (SSSR count). The lowest BCUT2D eigenvalue weighted by atomic mass is 10.0. The number of hydrogen-bond donors (Lipinski definition) is 0. The molecule has 0 unspecified atom stereocenters. The molecule has 0 spiro atoms. The molecule has 0 aliphatic rings. The fourth-order valence-corrected chi connectivity index (χ4v) is 1.72. The SMILES string of the molecule is CCC(=CC(=O)c1cc(OC)ccc1OC)CC. The highest BCUT2D eigenvalue weighted by Gasteiger charge is 2.12. The number of ether oxygens (including phenoxy) is 2. The van der Waals surface area contributed by atoms with Crippen molar-refractivity contribution in [1.29, 1.82) is 0 Å². The third-order valence-corrected chi connectivity index (χ3v) is 2.92. The van der Waals surface area contributed by atoms with Gasteiger partial charge in [0.1, 0.15) is 11.5 Å². The lowest BCUT2D eigenvalue weighted by Gasteiger charge is -2.08. The van der Waals surface area contributed by atoms with Crippen LogP contribution >= 0.6 is 0 Å². The molecule has 0 saturated heterocycles. The zero-order chi connectivity index (χ0) is 13.5. The van der Waals surface area contributed by atoms with Crippen molar-refractivity contribution in [3.63, 3.8) is 0 Å². The summed E-state index contributed by atoms with van der Waals surface area (Å²) in [6.45, 7) is 4.09. The second kappa shape index (κ2) is 6.84. The minimum absolute atomic E-state index is 0.0375. The van der Waals surface area contributed by atoms with Crippen LogP contribution in [0.4, 0.5) is 0 Å². The molecule has 0 fully saturated rings. The van der Waals surface area contributed by atoms with Gasteiger partial charge in [-0.2, -0.15) is 0 Å². The lowest BCUT2D eigenvalue weighted by Crippen LogP contribution is -2.01. The molecule has 0 atom stereocenters. The second-order valence-corrected chi connectivity index (χ2v) is 3.94. The van der Waals surface area contributed by atoms with Gasteiger partial charge in [0.25, 0.3) is 0 Å². The first-order chi connectivity index (χ1) is 8.65. The standard InChI is InChI=1S/C15H20O3/c1-5-11(6-2)9-14(16)13-10-12(17-3)7-8-15(13)18-4/h7-10H,5-6H2,1-4H3. The maximum absolute atomic E-state index is 12.2. The maximum atomic E-state index is 12.2. The van der Waals surface area contributed by atoms with E-state index in [9.17, 15) is 4.79 Å². The summed E-state index contributed by atoms with van der Waals surface area (Å²) in [6, 6.07) is 5.23. The Morgan fingerprint density at radius 2 is 1.83 bits per heavy atom. The molecule has 1 aromatic rings. The molecule has 0 aromatic heterocycles. The number of methoxy groups -OCH3 is 2. The molecule has 0 N–H and O–H groups in total. The van der Waals surface area contributed by atoms with Gasteiger partial charge < -0.3 is 9.47 Å². The van der Waals surface area contributed by atoms with E-state index in [1.807, 2.05) is 13.8 Å². The van der Waals surface area contributed by atoms with Gasteiger partial charge in [0.2, 0.25) is 0 Å². The Balaban J connectivity index is 3.14. The Labute approximate surface area is 108 Å². The fraction of sp³-hybridized carbons (Fsp3) is 0.400. The third kappa shape index (κ3) is 3.36. The summed E-state index contributed by atoms with van der Waals surface area (Å²) >= 11 is 0. The van der Waals surface area contributed by atoms with Gasteiger partial charge in [-0.1, -0.05) is 19.4 Å². The predicted octanol–water partition coefficient (Wildman–Crippen LogP) is 3.63. The maximum Gasteiger partial charge on any atom is 0.189 e. The van der Waals surface area contributed by atoms with E-state index in [4.69, 9.17) is 9.47 Å². The van der Waals surface area contributed by atoms with Crippen LogP contribution in [0.15, 0.2) is 29.8 Å². The van der Waals surface area contributed by atoms with Gasteiger partial charge in [0.05, 0.1) is 19.8 Å². The largest absolute Gasteiger partial charge is 0.497 e. The molecule has 0 bridgehead atoms. The molecule has 1 aromatic carbocycles. The minimum Gasteiger partial charge on any atom is -0.497 e. The normalized spacial score (nSPS) is 9.78. The van der Waals surface area contributed by atoms with Crippen molar-refractivity contribution in [2.24, 2.45) is 0 Å². The van der Waals surface area contributed by atoms with E-state index in [1.54, 1.807) is 38.5 Å². The lowest BCUT2D eigenvalue weighted by molar-refractivity contribution is 0.104. The van der Waals surface area contributed by atoms with Crippen molar-refractivity contribution < 1.29 is 14.3 Å². The van der Waals surface area contributed by atoms with Crippen molar-refractivity contribution in [2.45, 2.75) is 26.7 Å². The van der Waals surface area contributed by atoms with E-state index in [0.29, 0.717) is 17.1 Å². The summed E-state index contributed by atoms with van der Waals surface area (Å²) in [5, 5.41) is 0. The Hall–Kier alpha value is -1.77. The monoisotopic (exact) mass is 248 g/mol. The summed E-state index contributed by atoms with van der Waals surface area (Å²) in [6.07, 6.45) is 3.46. The van der Waals surface area contributed by atoms with Crippen molar-refractivity contribution in [3.8, 4) is 11.5 Å². The summed E-state index contributed by atoms with van der Waals surface area (Å²) in [5.74, 6) is 1.19. The van der Waals surface area contributed by atoms with Crippen LogP contribution in [0.3, 0.4) is 0 Å². The molecule has 98 valence electrons. The Bertz CT molecular complexity index is 441. The Morgan fingerprint density at radius 1 is 1.17 bits per heavy atom. The third-order valence-electron chi connectivity index (χ3n) is 2.92. The van der Waals surface area contributed by atoms with Gasteiger partial charge in [-0.3, -0.25) is 4.79 Å². The van der Waals surface area contributed by atoms with Crippen LogP contribution in [-0.4, -0.2) is 20.0 Å². The molecule has 0 aliphatic heterocycles. The van der Waals surface area contributed by atoms with Gasteiger partial charge in [-0.05, 0) is 37.1 Å². The molecule has 0 amide bonds. The van der Waals surface area contributed by atoms with Crippen molar-refractivity contribution in [2.75, 3.05) is 14.2 Å². The fourth-order valence-electron chi connectivity index (χ4n) is 1.72. The number of allylic oxidation sites excluding steroid dienone is 2. The van der Waals surface area contributed by atoms with Crippen LogP contribution in [0.25, 0.3) is 0 Å². The molecule has 0 radical (unpaired) electrons. The van der Waals surface area contributed by atoms with Crippen LogP contribution < -0.4 is 9.47 Å². The van der Waals surface area contributed by atoms with Crippen LogP contribution in [0.1, 0.15) is 37.0 Å². The summed E-state index contributed by atoms with van der Waals surface area (Å²) in [7, 11) is 3.14. The smallest absolute Gasteiger partial charge is 0.189 e. The first-order valence-electron chi connectivity index (χ1n) is 6.12. The van der Waals surface area contributed by atoms with Gasteiger partial charge in [-0.15, -0.1) is 0 Å². The number of rotatable bonds is 6. The summed E-state index contributed by atoms with van der Waals surface area (Å²) in [5.41, 5.74) is 1.67. The van der Waals surface area contributed by atoms with Gasteiger partial charge >= 0.3 is 0 Å². The molecule has 0 heterocycles. The quantitative estimate of drug-likeness (QED) is 0.569. The second-order valence-electron chi connectivity index (χ2n) is 3.94. The van der Waals surface area contributed by atoms with Gasteiger partial charge in [-0.25, -0.2) is 0 Å². The van der Waals surface area contributed by atoms with Crippen molar-refractivity contribution in [1.82, 2.24) is 0 Å². The number of ketones is 1. The first-order valence-corrected chi connectivity index (χ1v) is 6.12. The van der Waals surface area contributed by atoms with Crippen LogP contribution in [0.5, 0.6) is 11.5 Å². The minimum atomic E-state index is -0.0375. The number of carbonyl (C=O) groups is 1. The average Bonchev–Trinajstić information content (AvgIpc) is 2.43. The number of hydrogen-bond acceptors (Lipinski definition) is 3. The average molecular weight is 248 g/mol. The van der Waals surface area contributed by atoms with E-state index < -0.39 is 0 Å². The highest BCUT2D eigenvalue weighted by atomic mass is 16.5. The van der Waals surface area contributed by atoms with E-state index in [2.05, 4.69) is 0 Å². The highest BCUT2D eigenvalue weighted by Crippen LogP contribution is 2.25. The molecule has 0 aliphatic carbocycles. The zero-order valence-electron chi connectivity index (χ0n) is 11.4. The Morgan fingerprint density at radius 3 is 2.33 bits per heavy atom. The van der Waals surface area contributed by atoms with Gasteiger partial charge in [0.15, 0.2) is 5.78 Å². The Kier molecular flexibility index (Phi) is 5.43. The molecule has 3 nitrogen and oxygen atoms in total. The van der Waals surface area contributed by atoms with E-state index in [1.165, 1.54) is 0 Å². The van der Waals surface area contributed by atoms with E-state index in [-0.39, 0.29) is 5.78 Å². The molecular weight excluding hydrogens is 228 g/mol. The molecule has 18 heavy (non-hydrogen) atoms. The zero-order valence-corrected chi connectivity index (χ0v) is 11.4. The summed E-state index contributed by atoms with van der Waals surface area (Å²) < 4.78 is 10.3. The van der Waals surface area contributed by atoms with Crippen LogP contribution in [0, 0.1) is 0 Å². The van der Waals surface area contributed by atoms with Crippen LogP contribution in [0.2, 0.25) is 0 Å². The van der Waals surface area contributed by atoms with Crippen molar-refractivity contribution in [3.05, 3.63) is 35.4 Å². The van der Waals surface area contributed by atoms with Crippen molar-refractivity contribution >= 4 is 5.78 Å². The van der Waals surface area contributed by atoms with Crippen LogP contribution in [-0.2, 0) is 0 Å². The topological polar surface area (TPSA) is 35.5 Å².